The number of para-hydroxylation sites is 2. The van der Waals surface area contributed by atoms with Crippen LogP contribution in [0.1, 0.15) is 0 Å². The van der Waals surface area contributed by atoms with Gasteiger partial charge in [-0.1, -0.05) is 12.1 Å². The first-order chi connectivity index (χ1) is 11.1. The smallest absolute Gasteiger partial charge is 0.234 e. The molecule has 0 fully saturated rings. The lowest BCUT2D eigenvalue weighted by Crippen LogP contribution is -2.19. The van der Waals surface area contributed by atoms with Gasteiger partial charge < -0.3 is 4.74 Å². The molecule has 0 atom stereocenters. The van der Waals surface area contributed by atoms with Gasteiger partial charge in [-0.15, -0.1) is 0 Å². The van der Waals surface area contributed by atoms with Gasteiger partial charge in [-0.3, -0.25) is 9.29 Å². The molecule has 3 aromatic rings. The first kappa shape index (κ1) is 15.5. The van der Waals surface area contributed by atoms with Crippen molar-refractivity contribution in [3.8, 4) is 5.69 Å². The van der Waals surface area contributed by atoms with E-state index in [-0.39, 0.29) is 12.4 Å². The van der Waals surface area contributed by atoms with Gasteiger partial charge in [0.2, 0.25) is 10.0 Å². The molecule has 1 aromatic heterocycles. The highest BCUT2D eigenvalue weighted by Gasteiger charge is 2.10. The number of fused-ring (bicyclic) bond motifs is 1. The summed E-state index contributed by atoms with van der Waals surface area (Å²) in [4.78, 5) is 4.35. The molecular weight excluding hydrogens is 314 g/mol. The van der Waals surface area contributed by atoms with Gasteiger partial charge >= 0.3 is 0 Å². The Morgan fingerprint density at radius 2 is 1.87 bits per heavy atom. The Morgan fingerprint density at radius 3 is 2.61 bits per heavy atom. The number of aromatic nitrogens is 2. The summed E-state index contributed by atoms with van der Waals surface area (Å²) in [6, 6.07) is 15.0. The number of hydrogen-bond acceptors (Lipinski definition) is 4. The van der Waals surface area contributed by atoms with Crippen molar-refractivity contribution >= 4 is 26.7 Å². The van der Waals surface area contributed by atoms with Crippen LogP contribution in [0.5, 0.6) is 0 Å². The van der Waals surface area contributed by atoms with E-state index in [1.165, 1.54) is 7.11 Å². The Hall–Kier alpha value is -2.38. The zero-order valence-electron chi connectivity index (χ0n) is 12.6. The quantitative estimate of drug-likeness (QED) is 0.753. The van der Waals surface area contributed by atoms with E-state index >= 15 is 0 Å². The fraction of sp³-hybridized carbons (Fsp3) is 0.188. The van der Waals surface area contributed by atoms with E-state index in [0.717, 1.165) is 16.7 Å². The second-order valence-electron chi connectivity index (χ2n) is 5.06. The Labute approximate surface area is 134 Å². The number of benzene rings is 2. The van der Waals surface area contributed by atoms with Gasteiger partial charge in [0.15, 0.2) is 0 Å². The first-order valence-corrected chi connectivity index (χ1v) is 8.76. The van der Waals surface area contributed by atoms with E-state index in [1.807, 2.05) is 41.0 Å². The Kier molecular flexibility index (Phi) is 4.31. The third kappa shape index (κ3) is 3.52. The summed E-state index contributed by atoms with van der Waals surface area (Å²) in [6.45, 7) is 0.161. The van der Waals surface area contributed by atoms with E-state index < -0.39 is 10.0 Å². The lowest BCUT2D eigenvalue weighted by molar-refractivity contribution is 0.217. The molecule has 2 aromatic carbocycles. The Bertz CT molecular complexity index is 902. The lowest BCUT2D eigenvalue weighted by Gasteiger charge is -2.09. The molecular formula is C16H17N3O3S. The second-order valence-corrected chi connectivity index (χ2v) is 6.91. The summed E-state index contributed by atoms with van der Waals surface area (Å²) in [5.74, 6) is -0.0720. The average molecular weight is 331 g/mol. The highest BCUT2D eigenvalue weighted by Crippen LogP contribution is 2.20. The molecule has 0 aliphatic rings. The van der Waals surface area contributed by atoms with Crippen molar-refractivity contribution in [1.29, 1.82) is 0 Å². The Balaban J connectivity index is 1.82. The van der Waals surface area contributed by atoms with E-state index in [9.17, 15) is 8.42 Å². The molecule has 0 unspecified atom stereocenters. The second kappa shape index (κ2) is 6.39. The van der Waals surface area contributed by atoms with Gasteiger partial charge in [0.1, 0.15) is 6.33 Å². The number of nitrogens with one attached hydrogen (secondary N) is 1. The fourth-order valence-corrected chi connectivity index (χ4v) is 3.26. The van der Waals surface area contributed by atoms with Crippen LogP contribution in [0.3, 0.4) is 0 Å². The maximum Gasteiger partial charge on any atom is 0.234 e. The summed E-state index contributed by atoms with van der Waals surface area (Å²) in [5, 5.41) is 0. The molecule has 23 heavy (non-hydrogen) atoms. The fourth-order valence-electron chi connectivity index (χ4n) is 2.28. The largest absolute Gasteiger partial charge is 0.384 e. The molecule has 0 aliphatic heterocycles. The van der Waals surface area contributed by atoms with E-state index in [4.69, 9.17) is 4.74 Å². The maximum absolute atomic E-state index is 11.8. The molecule has 0 bridgehead atoms. The number of ether oxygens (including phenoxy) is 1. The van der Waals surface area contributed by atoms with Crippen molar-refractivity contribution in [2.24, 2.45) is 0 Å². The molecule has 0 saturated carbocycles. The zero-order valence-corrected chi connectivity index (χ0v) is 13.5. The number of nitrogens with zero attached hydrogens (tertiary/aromatic N) is 2. The topological polar surface area (TPSA) is 73.2 Å². The van der Waals surface area contributed by atoms with Crippen molar-refractivity contribution in [3.05, 3.63) is 54.9 Å². The molecule has 0 amide bonds. The van der Waals surface area contributed by atoms with Crippen LogP contribution in [0.15, 0.2) is 54.9 Å². The van der Waals surface area contributed by atoms with Crippen LogP contribution in [0, 0.1) is 0 Å². The number of methoxy groups -OCH3 is 1. The van der Waals surface area contributed by atoms with Gasteiger partial charge in [-0.25, -0.2) is 13.4 Å². The molecule has 7 heteroatoms. The third-order valence-electron chi connectivity index (χ3n) is 3.43. The van der Waals surface area contributed by atoms with Crippen molar-refractivity contribution in [2.75, 3.05) is 24.2 Å². The van der Waals surface area contributed by atoms with E-state index in [1.54, 1.807) is 18.5 Å². The number of anilines is 1. The van der Waals surface area contributed by atoms with Gasteiger partial charge in [-0.05, 0) is 36.4 Å². The first-order valence-electron chi connectivity index (χ1n) is 7.11. The van der Waals surface area contributed by atoms with Gasteiger partial charge in [-0.2, -0.15) is 0 Å². The van der Waals surface area contributed by atoms with Gasteiger partial charge in [0.25, 0.3) is 0 Å². The Morgan fingerprint density at radius 1 is 1.13 bits per heavy atom. The minimum Gasteiger partial charge on any atom is -0.384 e. The van der Waals surface area contributed by atoms with Crippen LogP contribution >= 0.6 is 0 Å². The predicted octanol–water partition coefficient (Wildman–Crippen LogP) is 2.41. The minimum atomic E-state index is -3.39. The molecule has 3 rings (SSSR count). The summed E-state index contributed by atoms with van der Waals surface area (Å²) in [7, 11) is -1.92. The van der Waals surface area contributed by atoms with Crippen LogP contribution in [-0.2, 0) is 14.8 Å². The summed E-state index contributed by atoms with van der Waals surface area (Å²) in [6.07, 6.45) is 1.75. The SMILES string of the molecule is COCCS(=O)(=O)Nc1ccc(-n2cnc3ccccc32)cc1. The molecule has 0 aliphatic carbocycles. The summed E-state index contributed by atoms with van der Waals surface area (Å²) >= 11 is 0. The molecule has 1 heterocycles. The van der Waals surface area contributed by atoms with Crippen LogP contribution in [0.25, 0.3) is 16.7 Å². The molecule has 120 valence electrons. The number of imidazole rings is 1. The minimum absolute atomic E-state index is 0.0720. The monoisotopic (exact) mass is 331 g/mol. The molecule has 0 spiro atoms. The van der Waals surface area contributed by atoms with Gasteiger partial charge in [0, 0.05) is 18.5 Å². The van der Waals surface area contributed by atoms with Crippen molar-refractivity contribution in [3.63, 3.8) is 0 Å². The summed E-state index contributed by atoms with van der Waals surface area (Å²) in [5.41, 5.74) is 3.35. The van der Waals surface area contributed by atoms with Gasteiger partial charge in [0.05, 0.1) is 23.4 Å². The van der Waals surface area contributed by atoms with E-state index in [0.29, 0.717) is 5.69 Å². The van der Waals surface area contributed by atoms with Crippen LogP contribution in [0.4, 0.5) is 5.69 Å². The molecule has 0 saturated heterocycles. The molecule has 0 radical (unpaired) electrons. The standard InChI is InChI=1S/C16H17N3O3S/c1-22-10-11-23(20,21)18-13-6-8-14(9-7-13)19-12-17-15-4-2-3-5-16(15)19/h2-9,12,18H,10-11H2,1H3. The predicted molar refractivity (Wildman–Crippen MR) is 90.4 cm³/mol. The normalized spacial score (nSPS) is 11.7. The van der Waals surface area contributed by atoms with Crippen LogP contribution in [0.2, 0.25) is 0 Å². The highest BCUT2D eigenvalue weighted by atomic mass is 32.2. The van der Waals surface area contributed by atoms with E-state index in [2.05, 4.69) is 9.71 Å². The third-order valence-corrected chi connectivity index (χ3v) is 4.68. The number of hydrogen-bond donors (Lipinski definition) is 1. The summed E-state index contributed by atoms with van der Waals surface area (Å²) < 4.78 is 33.0. The number of rotatable bonds is 6. The van der Waals surface area contributed by atoms with Crippen LogP contribution < -0.4 is 4.72 Å². The highest BCUT2D eigenvalue weighted by molar-refractivity contribution is 7.92. The van der Waals surface area contributed by atoms with Crippen molar-refractivity contribution in [2.45, 2.75) is 0 Å². The van der Waals surface area contributed by atoms with Crippen LogP contribution in [-0.4, -0.2) is 37.4 Å². The lowest BCUT2D eigenvalue weighted by atomic mass is 10.2. The zero-order chi connectivity index (χ0) is 16.3. The average Bonchev–Trinajstić information content (AvgIpc) is 2.97. The van der Waals surface area contributed by atoms with Crippen molar-refractivity contribution in [1.82, 2.24) is 9.55 Å². The molecule has 1 N–H and O–H groups in total. The maximum atomic E-state index is 11.8. The molecule has 6 nitrogen and oxygen atoms in total. The van der Waals surface area contributed by atoms with Crippen molar-refractivity contribution < 1.29 is 13.2 Å². The number of sulfonamides is 1.